The number of aliphatic hydroxyl groups is 1. The normalized spacial score (nSPS) is 11.8. The van der Waals surface area contributed by atoms with E-state index in [1.54, 1.807) is 19.1 Å². The first-order chi connectivity index (χ1) is 9.92. The zero-order valence-electron chi connectivity index (χ0n) is 12.1. The minimum atomic E-state index is -0.520. The molecular weight excluding hydrogens is 330 g/mol. The molecule has 108 valence electrons. The Bertz CT molecular complexity index is 694. The molecule has 0 aliphatic rings. The SMILES string of the molecule is Cc1cc(C#N)cc(C)c1Oc1ccc(C(C)O)cc1Br. The number of aryl methyl sites for hydroxylation is 2. The van der Waals surface area contributed by atoms with Gasteiger partial charge in [0.15, 0.2) is 0 Å². The first-order valence-electron chi connectivity index (χ1n) is 6.59. The highest BCUT2D eigenvalue weighted by atomic mass is 79.9. The van der Waals surface area contributed by atoms with Gasteiger partial charge in [0.2, 0.25) is 0 Å². The fourth-order valence-electron chi connectivity index (χ4n) is 2.15. The molecule has 0 fully saturated rings. The van der Waals surface area contributed by atoms with Gasteiger partial charge < -0.3 is 9.84 Å². The van der Waals surface area contributed by atoms with E-state index in [-0.39, 0.29) is 0 Å². The molecule has 1 atom stereocenters. The summed E-state index contributed by atoms with van der Waals surface area (Å²) in [7, 11) is 0. The van der Waals surface area contributed by atoms with Crippen LogP contribution in [0.25, 0.3) is 0 Å². The van der Waals surface area contributed by atoms with Gasteiger partial charge in [-0.05, 0) is 77.7 Å². The maximum atomic E-state index is 9.58. The Morgan fingerprint density at radius 1 is 1.19 bits per heavy atom. The molecule has 0 bridgehead atoms. The monoisotopic (exact) mass is 345 g/mol. The fourth-order valence-corrected chi connectivity index (χ4v) is 2.62. The van der Waals surface area contributed by atoms with Crippen LogP contribution in [0.15, 0.2) is 34.8 Å². The molecule has 2 rings (SSSR count). The molecule has 21 heavy (non-hydrogen) atoms. The zero-order chi connectivity index (χ0) is 15.6. The van der Waals surface area contributed by atoms with Crippen LogP contribution in [-0.2, 0) is 0 Å². The lowest BCUT2D eigenvalue weighted by atomic mass is 10.1. The molecule has 2 aromatic carbocycles. The highest BCUT2D eigenvalue weighted by Gasteiger charge is 2.11. The van der Waals surface area contributed by atoms with Crippen LogP contribution in [-0.4, -0.2) is 5.11 Å². The lowest BCUT2D eigenvalue weighted by Gasteiger charge is -2.14. The van der Waals surface area contributed by atoms with Crippen LogP contribution in [0.3, 0.4) is 0 Å². The molecule has 1 unspecified atom stereocenters. The number of rotatable bonds is 3. The first kappa shape index (κ1) is 15.6. The Hall–Kier alpha value is -1.83. The molecule has 4 heteroatoms. The molecule has 0 radical (unpaired) electrons. The lowest BCUT2D eigenvalue weighted by molar-refractivity contribution is 0.199. The highest BCUT2D eigenvalue weighted by Crippen LogP contribution is 2.35. The van der Waals surface area contributed by atoms with Crippen molar-refractivity contribution in [2.75, 3.05) is 0 Å². The second-order valence-corrected chi connectivity index (χ2v) is 5.87. The van der Waals surface area contributed by atoms with Crippen LogP contribution in [0, 0.1) is 25.2 Å². The largest absolute Gasteiger partial charge is 0.456 e. The maximum absolute atomic E-state index is 9.58. The molecule has 0 spiro atoms. The molecule has 3 nitrogen and oxygen atoms in total. The Morgan fingerprint density at radius 3 is 2.29 bits per heavy atom. The first-order valence-corrected chi connectivity index (χ1v) is 7.38. The van der Waals surface area contributed by atoms with E-state index >= 15 is 0 Å². The average molecular weight is 346 g/mol. The van der Waals surface area contributed by atoms with Crippen molar-refractivity contribution in [3.8, 4) is 17.6 Å². The second-order valence-electron chi connectivity index (χ2n) is 5.02. The topological polar surface area (TPSA) is 53.2 Å². The summed E-state index contributed by atoms with van der Waals surface area (Å²) in [5.74, 6) is 1.43. The number of halogens is 1. The van der Waals surface area contributed by atoms with Gasteiger partial charge in [-0.2, -0.15) is 5.26 Å². The van der Waals surface area contributed by atoms with E-state index in [2.05, 4.69) is 22.0 Å². The van der Waals surface area contributed by atoms with Gasteiger partial charge in [-0.25, -0.2) is 0 Å². The van der Waals surface area contributed by atoms with E-state index in [9.17, 15) is 5.11 Å². The van der Waals surface area contributed by atoms with E-state index in [1.807, 2.05) is 32.0 Å². The quantitative estimate of drug-likeness (QED) is 0.870. The van der Waals surface area contributed by atoms with Crippen LogP contribution >= 0.6 is 15.9 Å². The number of benzene rings is 2. The molecule has 1 N–H and O–H groups in total. The van der Waals surface area contributed by atoms with Gasteiger partial charge in [0.25, 0.3) is 0 Å². The summed E-state index contributed by atoms with van der Waals surface area (Å²) >= 11 is 3.46. The summed E-state index contributed by atoms with van der Waals surface area (Å²) in [5, 5.41) is 18.6. The van der Waals surface area contributed by atoms with E-state index in [0.29, 0.717) is 11.3 Å². The summed E-state index contributed by atoms with van der Waals surface area (Å²) in [4.78, 5) is 0. The minimum Gasteiger partial charge on any atom is -0.456 e. The van der Waals surface area contributed by atoms with Gasteiger partial charge in [0, 0.05) is 0 Å². The Morgan fingerprint density at radius 2 is 1.81 bits per heavy atom. The zero-order valence-corrected chi connectivity index (χ0v) is 13.7. The van der Waals surface area contributed by atoms with Gasteiger partial charge in [-0.3, -0.25) is 0 Å². The average Bonchev–Trinajstić information content (AvgIpc) is 2.43. The van der Waals surface area contributed by atoms with Crippen LogP contribution in [0.2, 0.25) is 0 Å². The fraction of sp³-hybridized carbons (Fsp3) is 0.235. The third kappa shape index (κ3) is 3.44. The van der Waals surface area contributed by atoms with Gasteiger partial charge in [-0.1, -0.05) is 6.07 Å². The van der Waals surface area contributed by atoms with Gasteiger partial charge >= 0.3 is 0 Å². The minimum absolute atomic E-state index is 0.520. The smallest absolute Gasteiger partial charge is 0.141 e. The third-order valence-corrected chi connectivity index (χ3v) is 3.86. The van der Waals surface area contributed by atoms with Crippen LogP contribution < -0.4 is 4.74 Å². The van der Waals surface area contributed by atoms with Crippen LogP contribution in [0.5, 0.6) is 11.5 Å². The highest BCUT2D eigenvalue weighted by molar-refractivity contribution is 9.10. The van der Waals surface area contributed by atoms with Gasteiger partial charge in [0.05, 0.1) is 22.2 Å². The van der Waals surface area contributed by atoms with Crippen molar-refractivity contribution < 1.29 is 9.84 Å². The van der Waals surface area contributed by atoms with Gasteiger partial charge in [0.1, 0.15) is 11.5 Å². The number of ether oxygens (including phenoxy) is 1. The molecule has 0 aliphatic heterocycles. The predicted molar refractivity (Wildman–Crippen MR) is 85.5 cm³/mol. The number of hydrogen-bond donors (Lipinski definition) is 1. The predicted octanol–water partition coefficient (Wildman–Crippen LogP) is 4.78. The van der Waals surface area contributed by atoms with E-state index < -0.39 is 6.10 Å². The van der Waals surface area contributed by atoms with Gasteiger partial charge in [-0.15, -0.1) is 0 Å². The lowest BCUT2D eigenvalue weighted by Crippen LogP contribution is -1.95. The molecule has 0 aliphatic carbocycles. The van der Waals surface area contributed by atoms with Crippen LogP contribution in [0.1, 0.15) is 35.3 Å². The van der Waals surface area contributed by atoms with E-state index in [1.165, 1.54) is 0 Å². The van der Waals surface area contributed by atoms with E-state index in [0.717, 1.165) is 26.9 Å². The Labute approximate surface area is 132 Å². The van der Waals surface area contributed by atoms with E-state index in [4.69, 9.17) is 10.00 Å². The second kappa shape index (κ2) is 6.30. The summed E-state index contributed by atoms with van der Waals surface area (Å²) in [6.45, 7) is 5.56. The molecule has 0 saturated carbocycles. The molecule has 0 saturated heterocycles. The molecule has 0 aromatic heterocycles. The summed E-state index contributed by atoms with van der Waals surface area (Å²) in [6.07, 6.45) is -0.520. The summed E-state index contributed by atoms with van der Waals surface area (Å²) in [6, 6.07) is 11.2. The third-order valence-electron chi connectivity index (χ3n) is 3.24. The summed E-state index contributed by atoms with van der Waals surface area (Å²) in [5.41, 5.74) is 3.28. The van der Waals surface area contributed by atoms with Crippen molar-refractivity contribution in [2.45, 2.75) is 26.9 Å². The van der Waals surface area contributed by atoms with Crippen molar-refractivity contribution in [3.05, 3.63) is 57.1 Å². The molecular formula is C17H16BrNO2. The standard InChI is InChI=1S/C17H16BrNO2/c1-10-6-13(9-19)7-11(2)17(10)21-16-5-4-14(12(3)20)8-15(16)18/h4-8,12,20H,1-3H3. The van der Waals surface area contributed by atoms with Crippen molar-refractivity contribution >= 4 is 15.9 Å². The number of aliphatic hydroxyl groups excluding tert-OH is 1. The van der Waals surface area contributed by atoms with Crippen molar-refractivity contribution in [3.63, 3.8) is 0 Å². The maximum Gasteiger partial charge on any atom is 0.141 e. The summed E-state index contributed by atoms with van der Waals surface area (Å²) < 4.78 is 6.75. The van der Waals surface area contributed by atoms with Crippen molar-refractivity contribution in [1.82, 2.24) is 0 Å². The van der Waals surface area contributed by atoms with Crippen molar-refractivity contribution in [2.24, 2.45) is 0 Å². The molecule has 0 heterocycles. The molecule has 0 amide bonds. The number of nitriles is 1. The van der Waals surface area contributed by atoms with Crippen molar-refractivity contribution in [1.29, 1.82) is 5.26 Å². The van der Waals surface area contributed by atoms with Crippen LogP contribution in [0.4, 0.5) is 0 Å². The molecule has 2 aromatic rings. The number of nitrogens with zero attached hydrogens (tertiary/aromatic N) is 1. The number of hydrogen-bond acceptors (Lipinski definition) is 3. The Balaban J connectivity index is 2.37. The Kier molecular flexibility index (Phi) is 4.66.